The molecule has 31 heavy (non-hydrogen) atoms. The highest BCUT2D eigenvalue weighted by Gasteiger charge is 2.23. The molecule has 0 aliphatic heterocycles. The summed E-state index contributed by atoms with van der Waals surface area (Å²) in [6.07, 6.45) is 11.9. The van der Waals surface area contributed by atoms with Crippen molar-refractivity contribution in [3.05, 3.63) is 35.9 Å². The molecule has 1 fully saturated rings. The van der Waals surface area contributed by atoms with Crippen LogP contribution in [0.2, 0.25) is 25.7 Å². The van der Waals surface area contributed by atoms with E-state index in [0.717, 1.165) is 57.7 Å². The van der Waals surface area contributed by atoms with Gasteiger partial charge in [-0.3, -0.25) is 0 Å². The van der Waals surface area contributed by atoms with Crippen molar-refractivity contribution in [2.24, 2.45) is 5.92 Å². The second-order valence-corrected chi connectivity index (χ2v) is 16.0. The van der Waals surface area contributed by atoms with Crippen LogP contribution in [0.5, 0.6) is 0 Å². The molecule has 1 aliphatic carbocycles. The van der Waals surface area contributed by atoms with Crippen LogP contribution in [0, 0.1) is 17.2 Å². The SMILES string of the molecule is C[Si](C)(C)CCOCn1ccc2c(-c3cnc(C(=CC#N)C4CCCC4)s3)ncnc21. The Morgan fingerprint density at radius 2 is 2.10 bits per heavy atom. The van der Waals surface area contributed by atoms with E-state index >= 15 is 0 Å². The second kappa shape index (κ2) is 9.43. The first-order chi connectivity index (χ1) is 15.0. The third-order valence-electron chi connectivity index (χ3n) is 5.78. The smallest absolute Gasteiger partial charge is 0.145 e. The number of nitrogens with zero attached hydrogens (tertiary/aromatic N) is 5. The summed E-state index contributed by atoms with van der Waals surface area (Å²) in [5, 5.41) is 11.2. The molecule has 3 aromatic heterocycles. The van der Waals surface area contributed by atoms with Gasteiger partial charge in [-0.15, -0.1) is 11.3 Å². The van der Waals surface area contributed by atoms with Gasteiger partial charge in [-0.05, 0) is 30.9 Å². The Balaban J connectivity index is 1.56. The fourth-order valence-electron chi connectivity index (χ4n) is 4.02. The molecule has 0 N–H and O–H groups in total. The molecule has 6 nitrogen and oxygen atoms in total. The monoisotopic (exact) mass is 451 g/mol. The highest BCUT2D eigenvalue weighted by atomic mass is 32.1. The van der Waals surface area contributed by atoms with Crippen LogP contribution >= 0.6 is 11.3 Å². The number of allylic oxidation sites excluding steroid dienone is 2. The lowest BCUT2D eigenvalue weighted by Gasteiger charge is -2.15. The molecule has 0 aromatic carbocycles. The molecule has 4 rings (SSSR count). The first kappa shape index (κ1) is 21.9. The van der Waals surface area contributed by atoms with Crippen molar-refractivity contribution in [2.45, 2.75) is 58.1 Å². The fraction of sp³-hybridized carbons (Fsp3) is 0.478. The highest BCUT2D eigenvalue weighted by Crippen LogP contribution is 2.40. The number of fused-ring (bicyclic) bond motifs is 1. The zero-order valence-corrected chi connectivity index (χ0v) is 20.3. The van der Waals surface area contributed by atoms with Crippen LogP contribution in [0.25, 0.3) is 27.2 Å². The summed E-state index contributed by atoms with van der Waals surface area (Å²) in [6, 6.07) is 5.42. The average Bonchev–Trinajstić information content (AvgIpc) is 3.50. The van der Waals surface area contributed by atoms with Gasteiger partial charge < -0.3 is 9.30 Å². The summed E-state index contributed by atoms with van der Waals surface area (Å²) in [6.45, 7) is 8.34. The van der Waals surface area contributed by atoms with Crippen LogP contribution in [0.4, 0.5) is 0 Å². The third-order valence-corrected chi connectivity index (χ3v) is 8.54. The van der Waals surface area contributed by atoms with E-state index in [1.54, 1.807) is 23.7 Å². The van der Waals surface area contributed by atoms with Gasteiger partial charge in [-0.2, -0.15) is 5.26 Å². The van der Waals surface area contributed by atoms with E-state index in [4.69, 9.17) is 4.74 Å². The van der Waals surface area contributed by atoms with Gasteiger partial charge in [0.05, 0.1) is 16.6 Å². The van der Waals surface area contributed by atoms with Crippen molar-refractivity contribution in [2.75, 3.05) is 6.61 Å². The van der Waals surface area contributed by atoms with Crippen molar-refractivity contribution < 1.29 is 4.74 Å². The molecule has 0 atom stereocenters. The van der Waals surface area contributed by atoms with Gasteiger partial charge in [0.2, 0.25) is 0 Å². The van der Waals surface area contributed by atoms with E-state index in [1.807, 2.05) is 17.0 Å². The number of hydrogen-bond donors (Lipinski definition) is 0. The molecule has 0 unspecified atom stereocenters. The largest absolute Gasteiger partial charge is 0.361 e. The molecule has 8 heteroatoms. The molecule has 0 bridgehead atoms. The summed E-state index contributed by atoms with van der Waals surface area (Å²) >= 11 is 1.61. The Morgan fingerprint density at radius 3 is 2.84 bits per heavy atom. The molecule has 1 aliphatic rings. The summed E-state index contributed by atoms with van der Waals surface area (Å²) in [7, 11) is -1.10. The zero-order valence-electron chi connectivity index (χ0n) is 18.5. The predicted molar refractivity (Wildman–Crippen MR) is 128 cm³/mol. The molecule has 3 aromatic rings. The molecule has 1 saturated carbocycles. The molecule has 0 radical (unpaired) electrons. The normalized spacial score (nSPS) is 15.6. The number of thiazole rings is 1. The molecular weight excluding hydrogens is 422 g/mol. The molecule has 0 amide bonds. The summed E-state index contributed by atoms with van der Waals surface area (Å²) in [5.74, 6) is 0.443. The van der Waals surface area contributed by atoms with Crippen LogP contribution < -0.4 is 0 Å². The van der Waals surface area contributed by atoms with E-state index in [-0.39, 0.29) is 0 Å². The molecule has 0 saturated heterocycles. The Kier molecular flexibility index (Phi) is 6.65. The molecular formula is C23H29N5OSSi. The quantitative estimate of drug-likeness (QED) is 0.240. The number of rotatable bonds is 8. The van der Waals surface area contributed by atoms with Crippen molar-refractivity contribution in [1.29, 1.82) is 5.26 Å². The maximum absolute atomic E-state index is 9.28. The minimum Gasteiger partial charge on any atom is -0.361 e. The summed E-state index contributed by atoms with van der Waals surface area (Å²) in [5.41, 5.74) is 2.84. The van der Waals surface area contributed by atoms with Crippen molar-refractivity contribution in [3.8, 4) is 16.6 Å². The van der Waals surface area contributed by atoms with E-state index in [0.29, 0.717) is 12.6 Å². The first-order valence-corrected chi connectivity index (χ1v) is 15.4. The molecule has 3 heterocycles. The van der Waals surface area contributed by atoms with Crippen LogP contribution in [0.15, 0.2) is 30.9 Å². The minimum atomic E-state index is -1.10. The van der Waals surface area contributed by atoms with E-state index < -0.39 is 8.07 Å². The average molecular weight is 452 g/mol. The maximum atomic E-state index is 9.28. The molecule has 0 spiro atoms. The highest BCUT2D eigenvalue weighted by molar-refractivity contribution is 7.16. The standard InChI is InChI=1S/C23H29N5OSSi/c1-31(2,3)13-12-29-16-28-11-9-19-21(26-15-27-22(19)28)20-14-25-23(30-20)18(8-10-24)17-6-4-5-7-17/h8-9,11,14-15,17H,4-7,12-13,16H2,1-3H3. The molecule has 162 valence electrons. The lowest BCUT2D eigenvalue weighted by Crippen LogP contribution is -2.22. The zero-order chi connectivity index (χ0) is 21.8. The number of nitriles is 1. The summed E-state index contributed by atoms with van der Waals surface area (Å²) < 4.78 is 7.95. The minimum absolute atomic E-state index is 0.443. The predicted octanol–water partition coefficient (Wildman–Crippen LogP) is 5.96. The number of hydrogen-bond acceptors (Lipinski definition) is 6. The Labute approximate surface area is 188 Å². The second-order valence-electron chi connectivity index (χ2n) is 9.33. The van der Waals surface area contributed by atoms with Gasteiger partial charge in [-0.25, -0.2) is 15.0 Å². The van der Waals surface area contributed by atoms with Crippen LogP contribution in [-0.2, 0) is 11.5 Å². The fourth-order valence-corrected chi connectivity index (χ4v) is 5.80. The van der Waals surface area contributed by atoms with E-state index in [2.05, 4.69) is 46.7 Å². The topological polar surface area (TPSA) is 76.6 Å². The maximum Gasteiger partial charge on any atom is 0.145 e. The van der Waals surface area contributed by atoms with E-state index in [9.17, 15) is 5.26 Å². The number of ether oxygens (including phenoxy) is 1. The van der Waals surface area contributed by atoms with E-state index in [1.165, 1.54) is 12.8 Å². The van der Waals surface area contributed by atoms with Crippen LogP contribution in [0.3, 0.4) is 0 Å². The van der Waals surface area contributed by atoms with Gasteiger partial charge in [0.15, 0.2) is 0 Å². The van der Waals surface area contributed by atoms with Crippen molar-refractivity contribution >= 4 is 36.0 Å². The lowest BCUT2D eigenvalue weighted by atomic mass is 9.98. The number of aromatic nitrogens is 4. The van der Waals surface area contributed by atoms with Crippen LogP contribution in [0.1, 0.15) is 30.7 Å². The Hall–Kier alpha value is -2.34. The lowest BCUT2D eigenvalue weighted by molar-refractivity contribution is 0.0899. The van der Waals surface area contributed by atoms with Crippen molar-refractivity contribution in [1.82, 2.24) is 19.5 Å². The van der Waals surface area contributed by atoms with Crippen molar-refractivity contribution in [3.63, 3.8) is 0 Å². The third kappa shape index (κ3) is 5.12. The van der Waals surface area contributed by atoms with Gasteiger partial charge in [0.25, 0.3) is 0 Å². The first-order valence-electron chi connectivity index (χ1n) is 10.9. The van der Waals surface area contributed by atoms with Crippen LogP contribution in [-0.4, -0.2) is 34.2 Å². The Bertz CT molecular complexity index is 1120. The van der Waals surface area contributed by atoms with Gasteiger partial charge in [-0.1, -0.05) is 32.5 Å². The Morgan fingerprint density at radius 1 is 1.29 bits per heavy atom. The van der Waals surface area contributed by atoms with Gasteiger partial charge in [0, 0.05) is 44.1 Å². The summed E-state index contributed by atoms with van der Waals surface area (Å²) in [4.78, 5) is 14.7. The van der Waals surface area contributed by atoms with Gasteiger partial charge in [0.1, 0.15) is 23.7 Å². The van der Waals surface area contributed by atoms with Gasteiger partial charge >= 0.3 is 0 Å².